The molecule has 28 heavy (non-hydrogen) atoms. The van der Waals surface area contributed by atoms with Crippen molar-refractivity contribution in [3.05, 3.63) is 42.9 Å². The van der Waals surface area contributed by atoms with Crippen molar-refractivity contribution in [1.82, 2.24) is 29.5 Å². The van der Waals surface area contributed by atoms with E-state index in [0.29, 0.717) is 23.6 Å². The minimum absolute atomic E-state index is 0.292. The number of aromatic nitrogens is 6. The third-order valence-electron chi connectivity index (χ3n) is 4.49. The predicted molar refractivity (Wildman–Crippen MR) is 103 cm³/mol. The van der Waals surface area contributed by atoms with Crippen LogP contribution in [0.2, 0.25) is 0 Å². The molecule has 1 N–H and O–H groups in total. The van der Waals surface area contributed by atoms with Gasteiger partial charge >= 0.3 is 0 Å². The fourth-order valence-electron chi connectivity index (χ4n) is 2.92. The number of fused-ring (bicyclic) bond motifs is 1. The number of methoxy groups -OCH3 is 1. The Morgan fingerprint density at radius 2 is 2.04 bits per heavy atom. The van der Waals surface area contributed by atoms with Gasteiger partial charge in [-0.1, -0.05) is 6.07 Å². The highest BCUT2D eigenvalue weighted by Gasteiger charge is 2.25. The van der Waals surface area contributed by atoms with Crippen LogP contribution in [0.15, 0.2) is 42.9 Å². The third-order valence-corrected chi connectivity index (χ3v) is 4.49. The lowest BCUT2D eigenvalue weighted by Crippen LogP contribution is -2.01. The Morgan fingerprint density at radius 1 is 1.14 bits per heavy atom. The van der Waals surface area contributed by atoms with Gasteiger partial charge in [0, 0.05) is 19.2 Å². The minimum Gasteiger partial charge on any atom is -0.489 e. The standard InChI is InChI=1S/C19H19N7O2/c1-25-19-14(10-20-25)15(28-13-6-7-13)8-16(23-19)22-12-9-21-26(11-12)17-4-3-5-18(24-17)27-2/h3-5,8-11,13H,6-7H2,1-2H3,(H,22,23). The van der Waals surface area contributed by atoms with Crippen LogP contribution in [0.25, 0.3) is 16.9 Å². The van der Waals surface area contributed by atoms with Gasteiger partial charge in [-0.2, -0.15) is 15.2 Å². The van der Waals surface area contributed by atoms with Crippen molar-refractivity contribution in [2.75, 3.05) is 12.4 Å². The summed E-state index contributed by atoms with van der Waals surface area (Å²) in [6.45, 7) is 0. The number of hydrogen-bond donors (Lipinski definition) is 1. The van der Waals surface area contributed by atoms with E-state index in [1.54, 1.807) is 34.9 Å². The van der Waals surface area contributed by atoms with Crippen molar-refractivity contribution in [2.45, 2.75) is 18.9 Å². The number of nitrogens with zero attached hydrogens (tertiary/aromatic N) is 6. The fraction of sp³-hybridized carbons (Fsp3) is 0.263. The molecule has 0 aromatic carbocycles. The van der Waals surface area contributed by atoms with Gasteiger partial charge in [0.2, 0.25) is 5.88 Å². The molecule has 0 atom stereocenters. The highest BCUT2D eigenvalue weighted by molar-refractivity contribution is 5.84. The molecule has 1 aliphatic rings. The molecule has 0 amide bonds. The van der Waals surface area contributed by atoms with Crippen molar-refractivity contribution in [2.24, 2.45) is 7.05 Å². The molecule has 1 fully saturated rings. The van der Waals surface area contributed by atoms with Crippen molar-refractivity contribution in [3.8, 4) is 17.4 Å². The van der Waals surface area contributed by atoms with Crippen LogP contribution in [0.5, 0.6) is 11.6 Å². The Hall–Kier alpha value is -3.62. The topological polar surface area (TPSA) is 91.9 Å². The molecule has 9 heteroatoms. The second-order valence-corrected chi connectivity index (χ2v) is 6.67. The van der Waals surface area contributed by atoms with Crippen molar-refractivity contribution in [1.29, 1.82) is 0 Å². The fourth-order valence-corrected chi connectivity index (χ4v) is 2.92. The smallest absolute Gasteiger partial charge is 0.214 e. The summed E-state index contributed by atoms with van der Waals surface area (Å²) in [6, 6.07) is 7.43. The zero-order chi connectivity index (χ0) is 19.1. The van der Waals surface area contributed by atoms with Crippen LogP contribution in [0, 0.1) is 0 Å². The summed E-state index contributed by atoms with van der Waals surface area (Å²) in [4.78, 5) is 9.05. The Kier molecular flexibility index (Phi) is 3.85. The molecule has 4 aromatic heterocycles. The van der Waals surface area contributed by atoms with E-state index in [9.17, 15) is 0 Å². The number of hydrogen-bond acceptors (Lipinski definition) is 7. The van der Waals surface area contributed by atoms with Gasteiger partial charge in [0.05, 0.1) is 42.9 Å². The Balaban J connectivity index is 1.45. The van der Waals surface area contributed by atoms with Crippen molar-refractivity contribution in [3.63, 3.8) is 0 Å². The molecule has 0 saturated heterocycles. The summed E-state index contributed by atoms with van der Waals surface area (Å²) < 4.78 is 14.6. The maximum absolute atomic E-state index is 6.05. The van der Waals surface area contributed by atoms with Crippen LogP contribution < -0.4 is 14.8 Å². The predicted octanol–water partition coefficient (Wildman–Crippen LogP) is 2.84. The summed E-state index contributed by atoms with van der Waals surface area (Å²) >= 11 is 0. The first-order valence-electron chi connectivity index (χ1n) is 9.02. The first-order valence-corrected chi connectivity index (χ1v) is 9.02. The number of pyridine rings is 2. The zero-order valence-corrected chi connectivity index (χ0v) is 15.5. The van der Waals surface area contributed by atoms with E-state index in [-0.39, 0.29) is 0 Å². The van der Waals surface area contributed by atoms with E-state index in [1.807, 2.05) is 31.4 Å². The van der Waals surface area contributed by atoms with E-state index >= 15 is 0 Å². The molecule has 0 spiro atoms. The quantitative estimate of drug-likeness (QED) is 0.552. The van der Waals surface area contributed by atoms with Crippen LogP contribution in [-0.2, 0) is 7.05 Å². The zero-order valence-electron chi connectivity index (χ0n) is 15.5. The van der Waals surface area contributed by atoms with Crippen molar-refractivity contribution >= 4 is 22.5 Å². The summed E-state index contributed by atoms with van der Waals surface area (Å²) in [5, 5.41) is 12.9. The lowest BCUT2D eigenvalue weighted by atomic mass is 10.3. The molecule has 0 aliphatic heterocycles. The normalized spacial score (nSPS) is 13.6. The highest BCUT2D eigenvalue weighted by Crippen LogP contribution is 2.33. The monoisotopic (exact) mass is 377 g/mol. The van der Waals surface area contributed by atoms with E-state index in [2.05, 4.69) is 25.5 Å². The maximum atomic E-state index is 6.05. The van der Waals surface area contributed by atoms with Crippen molar-refractivity contribution < 1.29 is 9.47 Å². The lowest BCUT2D eigenvalue weighted by molar-refractivity contribution is 0.307. The van der Waals surface area contributed by atoms with Crippen LogP contribution in [-0.4, -0.2) is 42.7 Å². The first-order chi connectivity index (χ1) is 13.7. The average molecular weight is 377 g/mol. The summed E-state index contributed by atoms with van der Waals surface area (Å²) in [6.07, 6.45) is 7.83. The van der Waals surface area contributed by atoms with Crippen LogP contribution in [0.1, 0.15) is 12.8 Å². The van der Waals surface area contributed by atoms with E-state index in [0.717, 1.165) is 35.3 Å². The number of aryl methyl sites for hydroxylation is 1. The van der Waals surface area contributed by atoms with Gasteiger partial charge in [-0.3, -0.25) is 4.68 Å². The minimum atomic E-state index is 0.292. The number of anilines is 2. The number of ether oxygens (including phenoxy) is 2. The van der Waals surface area contributed by atoms with Gasteiger partial charge in [0.15, 0.2) is 11.5 Å². The van der Waals surface area contributed by atoms with E-state index < -0.39 is 0 Å². The Morgan fingerprint density at radius 3 is 2.86 bits per heavy atom. The Bertz CT molecular complexity index is 1150. The van der Waals surface area contributed by atoms with Crippen LogP contribution >= 0.6 is 0 Å². The molecule has 0 bridgehead atoms. The second-order valence-electron chi connectivity index (χ2n) is 6.67. The molecule has 4 heterocycles. The van der Waals surface area contributed by atoms with Crippen LogP contribution in [0.4, 0.5) is 11.5 Å². The lowest BCUT2D eigenvalue weighted by Gasteiger charge is -2.09. The maximum Gasteiger partial charge on any atom is 0.214 e. The van der Waals surface area contributed by atoms with E-state index in [1.165, 1.54) is 0 Å². The van der Waals surface area contributed by atoms with Gasteiger partial charge in [-0.15, -0.1) is 0 Å². The summed E-state index contributed by atoms with van der Waals surface area (Å²) in [5.74, 6) is 2.67. The number of rotatable bonds is 6. The first kappa shape index (κ1) is 16.5. The largest absolute Gasteiger partial charge is 0.489 e. The summed E-state index contributed by atoms with van der Waals surface area (Å²) in [7, 11) is 3.45. The molecule has 9 nitrogen and oxygen atoms in total. The Labute approximate surface area is 160 Å². The van der Waals surface area contributed by atoms with Gasteiger partial charge in [0.1, 0.15) is 11.6 Å². The molecule has 5 rings (SSSR count). The molecule has 142 valence electrons. The van der Waals surface area contributed by atoms with Crippen LogP contribution in [0.3, 0.4) is 0 Å². The molecule has 0 radical (unpaired) electrons. The van der Waals surface area contributed by atoms with Gasteiger partial charge in [-0.25, -0.2) is 9.67 Å². The molecule has 0 unspecified atom stereocenters. The molecular formula is C19H19N7O2. The van der Waals surface area contributed by atoms with E-state index in [4.69, 9.17) is 9.47 Å². The summed E-state index contributed by atoms with van der Waals surface area (Å²) in [5.41, 5.74) is 1.55. The second kappa shape index (κ2) is 6.52. The number of nitrogens with one attached hydrogen (secondary N) is 1. The van der Waals surface area contributed by atoms with Gasteiger partial charge in [-0.05, 0) is 18.9 Å². The molecule has 1 saturated carbocycles. The van der Waals surface area contributed by atoms with Gasteiger partial charge in [0.25, 0.3) is 0 Å². The van der Waals surface area contributed by atoms with Gasteiger partial charge < -0.3 is 14.8 Å². The molecule has 4 aromatic rings. The average Bonchev–Trinajstić information content (AvgIpc) is 3.27. The highest BCUT2D eigenvalue weighted by atomic mass is 16.5. The molecular weight excluding hydrogens is 358 g/mol. The molecule has 1 aliphatic carbocycles. The SMILES string of the molecule is COc1cccc(-n2cc(Nc3cc(OC4CC4)c4cnn(C)c4n3)cn2)n1. The third kappa shape index (κ3) is 3.11.